The zero-order valence-electron chi connectivity index (χ0n) is 17.7. The third-order valence-electron chi connectivity index (χ3n) is 6.22. The highest BCUT2D eigenvalue weighted by atomic mass is 19.4. The monoisotopic (exact) mass is 438 g/mol. The summed E-state index contributed by atoms with van der Waals surface area (Å²) in [6.45, 7) is 6.45. The lowest BCUT2D eigenvalue weighted by Crippen LogP contribution is -2.43. The second-order valence-corrected chi connectivity index (χ2v) is 8.70. The van der Waals surface area contributed by atoms with Crippen molar-refractivity contribution in [2.45, 2.75) is 58.2 Å². The van der Waals surface area contributed by atoms with Crippen LogP contribution < -0.4 is 0 Å². The Labute approximate surface area is 177 Å². The molecule has 0 bridgehead atoms. The number of halogens is 3. The third kappa shape index (κ3) is 3.99. The molecule has 31 heavy (non-hydrogen) atoms. The van der Waals surface area contributed by atoms with Crippen molar-refractivity contribution in [1.82, 2.24) is 19.9 Å². The minimum atomic E-state index is -4.57. The van der Waals surface area contributed by atoms with Gasteiger partial charge in [-0.15, -0.1) is 0 Å². The van der Waals surface area contributed by atoms with Gasteiger partial charge < -0.3 is 14.3 Å². The van der Waals surface area contributed by atoms with Gasteiger partial charge in [0.2, 0.25) is 11.8 Å². The molecule has 0 spiro atoms. The summed E-state index contributed by atoms with van der Waals surface area (Å²) >= 11 is 0. The number of nitrogens with zero attached hydrogens (tertiary/aromatic N) is 4. The van der Waals surface area contributed by atoms with E-state index >= 15 is 0 Å². The van der Waals surface area contributed by atoms with Crippen LogP contribution in [0.25, 0.3) is 11.1 Å². The Bertz CT molecular complexity index is 1020. The Balaban J connectivity index is 1.57. The first-order valence-electron chi connectivity index (χ1n) is 10.5. The quantitative estimate of drug-likeness (QED) is 0.733. The SMILES string of the molecule is Cc1noc2nc(C3CCCN(C(=O)C4CC(=O)N(C(C)C)C4)C3)cc(C(F)(F)F)c12. The van der Waals surface area contributed by atoms with Crippen LogP contribution in [0.3, 0.4) is 0 Å². The van der Waals surface area contributed by atoms with E-state index in [0.717, 1.165) is 6.07 Å². The molecule has 2 aliphatic rings. The van der Waals surface area contributed by atoms with Crippen LogP contribution in [-0.2, 0) is 15.8 Å². The molecule has 4 heterocycles. The highest BCUT2D eigenvalue weighted by molar-refractivity contribution is 5.89. The van der Waals surface area contributed by atoms with E-state index in [-0.39, 0.29) is 59.2 Å². The Morgan fingerprint density at radius 2 is 2.03 bits per heavy atom. The molecule has 2 aromatic rings. The van der Waals surface area contributed by atoms with E-state index in [0.29, 0.717) is 25.9 Å². The molecule has 2 unspecified atom stereocenters. The van der Waals surface area contributed by atoms with Crippen LogP contribution in [0.4, 0.5) is 13.2 Å². The van der Waals surface area contributed by atoms with Crippen LogP contribution >= 0.6 is 0 Å². The fourth-order valence-corrected chi connectivity index (χ4v) is 4.62. The zero-order valence-corrected chi connectivity index (χ0v) is 17.7. The second kappa shape index (κ2) is 7.80. The highest BCUT2D eigenvalue weighted by Gasteiger charge is 2.40. The van der Waals surface area contributed by atoms with Gasteiger partial charge in [0.15, 0.2) is 0 Å². The van der Waals surface area contributed by atoms with Crippen molar-refractivity contribution in [3.05, 3.63) is 23.0 Å². The molecule has 2 saturated heterocycles. The number of rotatable bonds is 3. The number of aromatic nitrogens is 2. The maximum atomic E-state index is 13.7. The van der Waals surface area contributed by atoms with E-state index in [1.54, 1.807) is 9.80 Å². The van der Waals surface area contributed by atoms with Crippen LogP contribution in [0.5, 0.6) is 0 Å². The summed E-state index contributed by atoms with van der Waals surface area (Å²) in [5, 5.41) is 3.51. The van der Waals surface area contributed by atoms with E-state index < -0.39 is 17.7 Å². The van der Waals surface area contributed by atoms with Crippen LogP contribution in [0, 0.1) is 12.8 Å². The van der Waals surface area contributed by atoms with Crippen molar-refractivity contribution < 1.29 is 27.3 Å². The van der Waals surface area contributed by atoms with Gasteiger partial charge in [-0.25, -0.2) is 4.98 Å². The number of aryl methyl sites for hydroxylation is 1. The molecule has 2 atom stereocenters. The van der Waals surface area contributed by atoms with E-state index in [1.807, 2.05) is 13.8 Å². The molecule has 4 rings (SSSR count). The number of carbonyl (C=O) groups excluding carboxylic acids is 2. The van der Waals surface area contributed by atoms with Gasteiger partial charge in [-0.05, 0) is 39.7 Å². The standard InChI is InChI=1S/C21H25F3N4O3/c1-11(2)28-10-14(7-17(28)29)20(30)27-6-4-5-13(9-27)16-8-15(21(22,23)24)18-12(3)26-31-19(18)25-16/h8,11,13-14H,4-7,9-10H2,1-3H3. The van der Waals surface area contributed by atoms with Crippen molar-refractivity contribution in [1.29, 1.82) is 0 Å². The molecule has 0 N–H and O–H groups in total. The molecule has 0 aliphatic carbocycles. The second-order valence-electron chi connectivity index (χ2n) is 8.70. The predicted octanol–water partition coefficient (Wildman–Crippen LogP) is 3.51. The Morgan fingerprint density at radius 1 is 1.29 bits per heavy atom. The van der Waals surface area contributed by atoms with Crippen LogP contribution in [-0.4, -0.2) is 57.4 Å². The van der Waals surface area contributed by atoms with E-state index in [4.69, 9.17) is 4.52 Å². The summed E-state index contributed by atoms with van der Waals surface area (Å²) < 4.78 is 46.0. The van der Waals surface area contributed by atoms with Crippen molar-refractivity contribution in [2.75, 3.05) is 19.6 Å². The fraction of sp³-hybridized carbons (Fsp3) is 0.619. The van der Waals surface area contributed by atoms with Gasteiger partial charge in [0.05, 0.1) is 28.3 Å². The average Bonchev–Trinajstić information content (AvgIpc) is 3.29. The summed E-state index contributed by atoms with van der Waals surface area (Å²) in [5.74, 6) is -0.906. The van der Waals surface area contributed by atoms with Crippen molar-refractivity contribution in [3.8, 4) is 0 Å². The fourth-order valence-electron chi connectivity index (χ4n) is 4.62. The smallest absolute Gasteiger partial charge is 0.342 e. The first-order valence-corrected chi connectivity index (χ1v) is 10.5. The maximum Gasteiger partial charge on any atom is 0.417 e. The summed E-state index contributed by atoms with van der Waals surface area (Å²) in [4.78, 5) is 32.9. The molecule has 168 valence electrons. The van der Waals surface area contributed by atoms with Crippen LogP contribution in [0.2, 0.25) is 0 Å². The minimum Gasteiger partial charge on any atom is -0.342 e. The van der Waals surface area contributed by atoms with Gasteiger partial charge in [-0.3, -0.25) is 9.59 Å². The Kier molecular flexibility index (Phi) is 5.43. The van der Waals surface area contributed by atoms with E-state index in [2.05, 4.69) is 10.1 Å². The number of likely N-dealkylation sites (tertiary alicyclic amines) is 2. The zero-order chi connectivity index (χ0) is 22.5. The molecular formula is C21H25F3N4O3. The topological polar surface area (TPSA) is 79.5 Å². The Hall–Kier alpha value is -2.65. The van der Waals surface area contributed by atoms with E-state index in [1.165, 1.54) is 6.92 Å². The van der Waals surface area contributed by atoms with Gasteiger partial charge >= 0.3 is 6.18 Å². The minimum absolute atomic E-state index is 0.0292. The number of piperidine rings is 1. The highest BCUT2D eigenvalue weighted by Crippen LogP contribution is 2.38. The van der Waals surface area contributed by atoms with Gasteiger partial charge in [0.1, 0.15) is 0 Å². The van der Waals surface area contributed by atoms with Gasteiger partial charge in [-0.1, -0.05) is 5.16 Å². The molecule has 7 nitrogen and oxygen atoms in total. The van der Waals surface area contributed by atoms with Crippen LogP contribution in [0.1, 0.15) is 56.0 Å². The van der Waals surface area contributed by atoms with Crippen molar-refractivity contribution in [3.63, 3.8) is 0 Å². The predicted molar refractivity (Wildman–Crippen MR) is 105 cm³/mol. The molecular weight excluding hydrogens is 413 g/mol. The summed E-state index contributed by atoms with van der Waals surface area (Å²) in [6.07, 6.45) is -3.12. The van der Waals surface area contributed by atoms with Crippen molar-refractivity contribution >= 4 is 22.9 Å². The number of hydrogen-bond acceptors (Lipinski definition) is 5. The first-order chi connectivity index (χ1) is 14.6. The van der Waals surface area contributed by atoms with Crippen LogP contribution in [0.15, 0.2) is 10.6 Å². The molecule has 2 aromatic heterocycles. The molecule has 0 aromatic carbocycles. The molecule has 0 saturated carbocycles. The van der Waals surface area contributed by atoms with Crippen molar-refractivity contribution in [2.24, 2.45) is 5.92 Å². The lowest BCUT2D eigenvalue weighted by Gasteiger charge is -2.34. The molecule has 2 aliphatic heterocycles. The molecule has 10 heteroatoms. The summed E-state index contributed by atoms with van der Waals surface area (Å²) in [5.41, 5.74) is -0.564. The number of carbonyl (C=O) groups is 2. The number of hydrogen-bond donors (Lipinski definition) is 0. The molecule has 2 amide bonds. The lowest BCUT2D eigenvalue weighted by atomic mass is 9.91. The number of amides is 2. The van der Waals surface area contributed by atoms with Gasteiger partial charge in [0.25, 0.3) is 5.71 Å². The van der Waals surface area contributed by atoms with E-state index in [9.17, 15) is 22.8 Å². The summed E-state index contributed by atoms with van der Waals surface area (Å²) in [6, 6.07) is 1.09. The van der Waals surface area contributed by atoms with Gasteiger partial charge in [-0.2, -0.15) is 13.2 Å². The third-order valence-corrected chi connectivity index (χ3v) is 6.22. The number of fused-ring (bicyclic) bond motifs is 1. The Morgan fingerprint density at radius 3 is 2.68 bits per heavy atom. The van der Waals surface area contributed by atoms with Gasteiger partial charge in [0, 0.05) is 38.0 Å². The lowest BCUT2D eigenvalue weighted by molar-refractivity contribution is -0.137. The maximum absolute atomic E-state index is 13.7. The molecule has 0 radical (unpaired) electrons. The molecule has 2 fully saturated rings. The number of alkyl halides is 3. The average molecular weight is 438 g/mol. The number of pyridine rings is 1. The normalized spacial score (nSPS) is 22.7. The largest absolute Gasteiger partial charge is 0.417 e. The first kappa shape index (κ1) is 21.6. The summed E-state index contributed by atoms with van der Waals surface area (Å²) in [7, 11) is 0.